The number of allylic oxidation sites excluding steroid dienone is 8. The molecule has 2 amide bonds. The number of phenols is 1. The third-order valence-electron chi connectivity index (χ3n) is 14.8. The molecule has 0 saturated carbocycles. The summed E-state index contributed by atoms with van der Waals surface area (Å²) in [6.45, 7) is 51.7. The summed E-state index contributed by atoms with van der Waals surface area (Å²) in [5.41, 5.74) is 2.25. The number of aryl methyl sites for hydroxylation is 1. The predicted octanol–water partition coefficient (Wildman–Crippen LogP) is 20.8. The van der Waals surface area contributed by atoms with Gasteiger partial charge in [0.05, 0.1) is 12.1 Å². The maximum absolute atomic E-state index is 12.0. The van der Waals surface area contributed by atoms with Gasteiger partial charge in [-0.25, -0.2) is 4.79 Å². The van der Waals surface area contributed by atoms with E-state index in [1.807, 2.05) is 131 Å². The van der Waals surface area contributed by atoms with Gasteiger partial charge >= 0.3 is 6.03 Å². The largest absolute Gasteiger partial charge is 0.508 e. The molecule has 1 aromatic heterocycles. The van der Waals surface area contributed by atoms with Crippen molar-refractivity contribution >= 4 is 57.6 Å². The molecule has 3 atom stereocenters. The van der Waals surface area contributed by atoms with Gasteiger partial charge in [-0.1, -0.05) is 228 Å². The second kappa shape index (κ2) is 41.0. The molecular formula is C76H131N3O7S. The number of fused-ring (bicyclic) bond motifs is 2. The molecule has 498 valence electrons. The van der Waals surface area contributed by atoms with Crippen LogP contribution in [0.5, 0.6) is 5.75 Å². The van der Waals surface area contributed by atoms with Gasteiger partial charge in [-0.2, -0.15) is 11.8 Å². The van der Waals surface area contributed by atoms with Gasteiger partial charge in [0.1, 0.15) is 34.7 Å². The molecule has 1 aromatic carbocycles. The summed E-state index contributed by atoms with van der Waals surface area (Å²) in [5, 5.41) is 17.1. The zero-order chi connectivity index (χ0) is 67.6. The third kappa shape index (κ3) is 40.7. The number of Topliss-reactive ketones (excluding diaryl/α,β-unsaturated/α-hetero) is 5. The van der Waals surface area contributed by atoms with Gasteiger partial charge in [0.15, 0.2) is 0 Å². The van der Waals surface area contributed by atoms with E-state index in [1.165, 1.54) is 18.4 Å². The minimum atomic E-state index is -0.212. The molecule has 2 aliphatic rings. The number of rotatable bonds is 25. The lowest BCUT2D eigenvalue weighted by Crippen LogP contribution is -2.36. The van der Waals surface area contributed by atoms with Crippen molar-refractivity contribution in [3.05, 3.63) is 78.6 Å². The molecular weight excluding hydrogens is 1100 g/mol. The Morgan fingerprint density at radius 2 is 1.10 bits per heavy atom. The molecule has 0 unspecified atom stereocenters. The Morgan fingerprint density at radius 1 is 0.598 bits per heavy atom. The van der Waals surface area contributed by atoms with Crippen molar-refractivity contribution in [1.82, 2.24) is 15.6 Å². The second-order valence-corrected chi connectivity index (χ2v) is 32.5. The number of urea groups is 1. The molecule has 0 radical (unpaired) electrons. The van der Waals surface area contributed by atoms with Crippen molar-refractivity contribution in [1.29, 1.82) is 0 Å². The highest BCUT2D eigenvalue weighted by molar-refractivity contribution is 8.00. The predicted molar refractivity (Wildman–Crippen MR) is 377 cm³/mol. The van der Waals surface area contributed by atoms with Gasteiger partial charge in [-0.15, -0.1) is 0 Å². The Bertz CT molecular complexity index is 2450. The maximum atomic E-state index is 12.0. The Hall–Kier alpha value is -4.51. The zero-order valence-corrected chi connectivity index (χ0v) is 61.1. The first-order chi connectivity index (χ1) is 39.9. The highest BCUT2D eigenvalue weighted by Crippen LogP contribution is 2.34. The number of aromatic hydroxyl groups is 1. The van der Waals surface area contributed by atoms with E-state index in [1.54, 1.807) is 6.07 Å². The van der Waals surface area contributed by atoms with E-state index >= 15 is 0 Å². The van der Waals surface area contributed by atoms with Gasteiger partial charge < -0.3 is 20.7 Å². The second-order valence-electron chi connectivity index (χ2n) is 31.2. The monoisotopic (exact) mass is 1230 g/mol. The minimum Gasteiger partial charge on any atom is -0.508 e. The van der Waals surface area contributed by atoms with E-state index in [9.17, 15) is 33.9 Å². The normalized spacial score (nSPS) is 16.4. The van der Waals surface area contributed by atoms with E-state index in [0.717, 1.165) is 80.9 Å². The fourth-order valence-electron chi connectivity index (χ4n) is 9.35. The first kappa shape index (κ1) is 84.6. The van der Waals surface area contributed by atoms with Crippen LogP contribution in [0.1, 0.15) is 281 Å². The molecule has 0 aliphatic carbocycles. The smallest absolute Gasteiger partial charge is 0.315 e. The quantitative estimate of drug-likeness (QED) is 0.0434. The first-order valence-electron chi connectivity index (χ1n) is 33.1. The fourth-order valence-corrected chi connectivity index (χ4v) is 10.9. The van der Waals surface area contributed by atoms with Crippen molar-refractivity contribution in [2.45, 2.75) is 300 Å². The molecule has 4 N–H and O–H groups in total. The van der Waals surface area contributed by atoms with Crippen LogP contribution in [0.4, 0.5) is 4.79 Å². The van der Waals surface area contributed by atoms with E-state index in [2.05, 4.69) is 136 Å². The molecule has 87 heavy (non-hydrogen) atoms. The van der Waals surface area contributed by atoms with Gasteiger partial charge in [0.2, 0.25) is 0 Å². The molecule has 10 nitrogen and oxygen atoms in total. The van der Waals surface area contributed by atoms with Crippen molar-refractivity contribution in [2.75, 3.05) is 5.75 Å². The summed E-state index contributed by atoms with van der Waals surface area (Å²) >= 11 is 1.94. The van der Waals surface area contributed by atoms with E-state index < -0.39 is 0 Å². The number of nitrogens with one attached hydrogen (secondary N) is 3. The molecule has 0 spiro atoms. The molecule has 3 heterocycles. The molecule has 2 fully saturated rings. The van der Waals surface area contributed by atoms with Crippen LogP contribution in [0, 0.1) is 43.8 Å². The molecule has 2 aliphatic heterocycles. The SMILES string of the molecule is CC(C)(C)C(=O)CCCC[C@@H]1SC[C@@H]2NC(=O)N[C@@H]21.CC(C)(C)CCCc1c[nH]c2ccc(O)cc12.CC/C=C\CC(=O)C(C)(C)C.CC/C=C\CC(=O)CC(C)(C)C.CC/C=C\CC(C)(C)C(=O)C(C)C.CC/C=C\CC(C)(C)C(=O)CC(C)(C)C. The Balaban J connectivity index is 0. The molecule has 0 bridgehead atoms. The summed E-state index contributed by atoms with van der Waals surface area (Å²) in [5.74, 6) is 3.22. The Labute approximate surface area is 537 Å². The van der Waals surface area contributed by atoms with E-state index in [-0.39, 0.29) is 50.5 Å². The third-order valence-corrected chi connectivity index (χ3v) is 16.3. The van der Waals surface area contributed by atoms with Crippen LogP contribution in [-0.4, -0.2) is 68.1 Å². The number of unbranched alkanes of at least 4 members (excludes halogenated alkanes) is 1. The number of carbonyl (C=O) groups excluding carboxylic acids is 6. The lowest BCUT2D eigenvalue weighted by Gasteiger charge is -2.26. The number of benzene rings is 1. The average Bonchev–Trinajstić information content (AvgIpc) is 2.18. The van der Waals surface area contributed by atoms with E-state index in [0.29, 0.717) is 83.5 Å². The summed E-state index contributed by atoms with van der Waals surface area (Å²) in [6.07, 6.45) is 34.2. The molecule has 2 saturated heterocycles. The summed E-state index contributed by atoms with van der Waals surface area (Å²) in [6, 6.07) is 6.06. The maximum Gasteiger partial charge on any atom is 0.315 e. The number of thioether (sulfide) groups is 1. The van der Waals surface area contributed by atoms with Crippen LogP contribution in [0.15, 0.2) is 73.0 Å². The summed E-state index contributed by atoms with van der Waals surface area (Å²) in [4.78, 5) is 72.7. The van der Waals surface area contributed by atoms with Crippen LogP contribution in [0.25, 0.3) is 10.9 Å². The number of ketones is 5. The molecule has 2 aromatic rings. The fraction of sp³-hybridized carbons (Fsp3) is 0.711. The highest BCUT2D eigenvalue weighted by atomic mass is 32.2. The first-order valence-corrected chi connectivity index (χ1v) is 34.2. The zero-order valence-electron chi connectivity index (χ0n) is 60.3. The topological polar surface area (TPSA) is 162 Å². The van der Waals surface area contributed by atoms with Crippen LogP contribution < -0.4 is 10.6 Å². The summed E-state index contributed by atoms with van der Waals surface area (Å²) < 4.78 is 0. The molecule has 11 heteroatoms. The van der Waals surface area contributed by atoms with Crippen LogP contribution in [0.3, 0.4) is 0 Å². The number of phenolic OH excluding ortho intramolecular Hbond substituents is 1. The van der Waals surface area contributed by atoms with E-state index in [4.69, 9.17) is 0 Å². The average molecular weight is 1230 g/mol. The van der Waals surface area contributed by atoms with Crippen LogP contribution in [0.2, 0.25) is 0 Å². The lowest BCUT2D eigenvalue weighted by molar-refractivity contribution is -0.130. The van der Waals surface area contributed by atoms with Crippen molar-refractivity contribution in [3.63, 3.8) is 0 Å². The number of carbonyl (C=O) groups is 6. The van der Waals surface area contributed by atoms with Gasteiger partial charge in [-0.3, -0.25) is 24.0 Å². The Kier molecular flexibility index (Phi) is 39.8. The van der Waals surface area contributed by atoms with Gasteiger partial charge in [-0.05, 0) is 111 Å². The number of aromatic nitrogens is 1. The number of hydrogen-bond acceptors (Lipinski definition) is 8. The van der Waals surface area contributed by atoms with Crippen molar-refractivity contribution in [3.8, 4) is 5.75 Å². The number of hydrogen-bond donors (Lipinski definition) is 4. The van der Waals surface area contributed by atoms with Crippen molar-refractivity contribution < 1.29 is 33.9 Å². The number of amides is 2. The Morgan fingerprint density at radius 3 is 1.59 bits per heavy atom. The van der Waals surface area contributed by atoms with Crippen molar-refractivity contribution in [2.24, 2.45) is 43.8 Å². The van der Waals surface area contributed by atoms with Crippen LogP contribution in [-0.2, 0) is 30.4 Å². The highest BCUT2D eigenvalue weighted by Gasteiger charge is 2.42. The van der Waals surface area contributed by atoms with Crippen LogP contribution >= 0.6 is 11.8 Å². The standard InChI is InChI=1S/C15H21NO.C14H24N2O2S.C14H26O.C12H22O.C11H20O.C10H18O/c1-15(2,3)8-4-5-11-10-16-14-7-6-12(17)9-13(11)14;1-14(2,3)11(17)7-5-4-6-10-12-9(8-19-10)15-13(18)16-12;1-7-8-9-10-14(5,6)12(15)11-13(2,3)4;1-6-7-8-9-12(4,5)11(13)10(2)3;1-5-6-7-8-10(12)9-11(2,3)4;1-5-6-7-8-9(11)10(2,3)4/h6-7,9-10,16-17H,4-5,8H2,1-3H3;9-10,12H,4-8H2,1-3H3,(H2,15,16,18);8-9H,7,10-11H2,1-6H3;7-8,10H,6,9H2,1-5H3;6-7H,5,8-9H2,1-4H3;6-7H,5,8H2,1-4H3/b;;9-8-;8-7-;2*7-6-/t;9-,10-,12-;;;;/m.0..../s1. The number of aromatic amines is 1. The number of H-pyrrole nitrogens is 1. The summed E-state index contributed by atoms with van der Waals surface area (Å²) in [7, 11) is 0. The lowest BCUT2D eigenvalue weighted by atomic mass is 9.77. The minimum absolute atomic E-state index is 0.0248. The van der Waals surface area contributed by atoms with Gasteiger partial charge in [0, 0.05) is 87.8 Å². The van der Waals surface area contributed by atoms with Gasteiger partial charge in [0.25, 0.3) is 0 Å². The molecule has 4 rings (SSSR count).